The van der Waals surface area contributed by atoms with Gasteiger partial charge in [-0.05, 0) is 29.1 Å². The summed E-state index contributed by atoms with van der Waals surface area (Å²) in [6, 6.07) is 10.2. The maximum absolute atomic E-state index is 5.60. The van der Waals surface area contributed by atoms with Gasteiger partial charge in [0.2, 0.25) is 12.7 Å². The zero-order valence-corrected chi connectivity index (χ0v) is 18.2. The number of oxazole rings is 1. The van der Waals surface area contributed by atoms with E-state index in [-0.39, 0.29) is 0 Å². The van der Waals surface area contributed by atoms with Crippen LogP contribution in [0.2, 0.25) is 0 Å². The number of nitrogens with zero attached hydrogens (tertiary/aromatic N) is 4. The fourth-order valence-electron chi connectivity index (χ4n) is 3.82. The summed E-state index contributed by atoms with van der Waals surface area (Å²) in [6.07, 6.45) is 1.71. The monoisotopic (exact) mass is 439 g/mol. The number of ether oxygens (including phenoxy) is 2. The van der Waals surface area contributed by atoms with E-state index in [0.717, 1.165) is 60.8 Å². The highest BCUT2D eigenvalue weighted by molar-refractivity contribution is 7.13. The van der Waals surface area contributed by atoms with Crippen molar-refractivity contribution in [3.63, 3.8) is 0 Å². The zero-order chi connectivity index (χ0) is 21.0. The lowest BCUT2D eigenvalue weighted by Crippen LogP contribution is -2.52. The lowest BCUT2D eigenvalue weighted by molar-refractivity contribution is 0.171. The molecule has 3 aromatic rings. The number of hydrogen-bond acceptors (Lipinski definition) is 7. The van der Waals surface area contributed by atoms with Crippen molar-refractivity contribution >= 4 is 17.3 Å². The van der Waals surface area contributed by atoms with Crippen molar-refractivity contribution in [2.45, 2.75) is 13.1 Å². The minimum Gasteiger partial charge on any atom is -0.454 e. The van der Waals surface area contributed by atoms with Gasteiger partial charge in [-0.3, -0.25) is 9.89 Å². The SMILES string of the molecule is CN=C(NCc1coc(-c2cccs2)n1)N1CCN(Cc2ccc3c(c2)OCO3)CC1. The fraction of sp³-hybridized carbons (Fsp3) is 0.364. The first-order valence-corrected chi connectivity index (χ1v) is 11.2. The predicted molar refractivity (Wildman–Crippen MR) is 119 cm³/mol. The first-order valence-electron chi connectivity index (χ1n) is 10.3. The molecule has 0 amide bonds. The zero-order valence-electron chi connectivity index (χ0n) is 17.4. The van der Waals surface area contributed by atoms with Gasteiger partial charge in [0, 0.05) is 39.8 Å². The maximum Gasteiger partial charge on any atom is 0.236 e. The van der Waals surface area contributed by atoms with Crippen molar-refractivity contribution in [3.8, 4) is 22.3 Å². The molecule has 1 N–H and O–H groups in total. The number of guanidine groups is 1. The Bertz CT molecular complexity index is 1040. The van der Waals surface area contributed by atoms with Gasteiger partial charge < -0.3 is 24.1 Å². The molecule has 1 aromatic carbocycles. The number of rotatable bonds is 5. The number of fused-ring (bicyclic) bond motifs is 1. The van der Waals surface area contributed by atoms with E-state index in [1.54, 1.807) is 17.6 Å². The van der Waals surface area contributed by atoms with E-state index < -0.39 is 0 Å². The molecule has 9 heteroatoms. The Hall–Kier alpha value is -3.04. The average molecular weight is 440 g/mol. The summed E-state index contributed by atoms with van der Waals surface area (Å²) in [6.45, 7) is 5.59. The van der Waals surface area contributed by atoms with Gasteiger partial charge in [-0.15, -0.1) is 11.3 Å². The van der Waals surface area contributed by atoms with Gasteiger partial charge in [0.15, 0.2) is 17.5 Å². The van der Waals surface area contributed by atoms with Crippen LogP contribution in [0.25, 0.3) is 10.8 Å². The summed E-state index contributed by atoms with van der Waals surface area (Å²) in [5.74, 6) is 3.23. The lowest BCUT2D eigenvalue weighted by Gasteiger charge is -2.36. The second-order valence-corrected chi connectivity index (χ2v) is 8.42. The van der Waals surface area contributed by atoms with E-state index in [0.29, 0.717) is 19.2 Å². The number of thiophene rings is 1. The van der Waals surface area contributed by atoms with E-state index in [9.17, 15) is 0 Å². The van der Waals surface area contributed by atoms with Crippen LogP contribution >= 0.6 is 11.3 Å². The van der Waals surface area contributed by atoms with E-state index in [1.165, 1.54) is 5.56 Å². The topological polar surface area (TPSA) is 75.4 Å². The van der Waals surface area contributed by atoms with Crippen LogP contribution in [0.15, 0.2) is 51.4 Å². The predicted octanol–water partition coefficient (Wildman–Crippen LogP) is 3.03. The smallest absolute Gasteiger partial charge is 0.236 e. The first-order chi connectivity index (χ1) is 15.3. The summed E-state index contributed by atoms with van der Waals surface area (Å²) in [7, 11) is 1.82. The Morgan fingerprint density at radius 3 is 2.84 bits per heavy atom. The standard InChI is InChI=1S/C22H25N5O3S/c1-23-22(24-12-17-14-28-21(25-17)20-3-2-10-31-20)27-8-6-26(7-9-27)13-16-4-5-18-19(11-16)30-15-29-18/h2-5,10-11,14H,6-9,12-13,15H2,1H3,(H,23,24). The summed E-state index contributed by atoms with van der Waals surface area (Å²) in [5.41, 5.74) is 2.11. The Morgan fingerprint density at radius 1 is 1.16 bits per heavy atom. The quantitative estimate of drug-likeness (QED) is 0.484. The number of hydrogen-bond donors (Lipinski definition) is 1. The highest BCUT2D eigenvalue weighted by Gasteiger charge is 2.21. The van der Waals surface area contributed by atoms with Gasteiger partial charge in [0.1, 0.15) is 6.26 Å². The first kappa shape index (κ1) is 19.9. The Morgan fingerprint density at radius 2 is 2.03 bits per heavy atom. The molecular formula is C22H25N5O3S. The van der Waals surface area contributed by atoms with E-state index in [4.69, 9.17) is 13.9 Å². The van der Waals surface area contributed by atoms with Crippen molar-refractivity contribution < 1.29 is 13.9 Å². The molecule has 8 nitrogen and oxygen atoms in total. The average Bonchev–Trinajstić information content (AvgIpc) is 3.56. The molecule has 0 aliphatic carbocycles. The fourth-order valence-corrected chi connectivity index (χ4v) is 4.47. The largest absolute Gasteiger partial charge is 0.454 e. The minimum atomic E-state index is 0.313. The van der Waals surface area contributed by atoms with Crippen LogP contribution in [0.1, 0.15) is 11.3 Å². The van der Waals surface area contributed by atoms with Crippen LogP contribution in [-0.2, 0) is 13.1 Å². The number of benzene rings is 1. The molecule has 1 fully saturated rings. The minimum absolute atomic E-state index is 0.313. The van der Waals surface area contributed by atoms with Crippen molar-refractivity contribution in [1.29, 1.82) is 0 Å². The maximum atomic E-state index is 5.60. The van der Waals surface area contributed by atoms with Gasteiger partial charge in [-0.25, -0.2) is 4.98 Å². The lowest BCUT2D eigenvalue weighted by atomic mass is 10.1. The van der Waals surface area contributed by atoms with Gasteiger partial charge in [-0.1, -0.05) is 12.1 Å². The van der Waals surface area contributed by atoms with Gasteiger partial charge in [-0.2, -0.15) is 0 Å². The molecular weight excluding hydrogens is 414 g/mol. The third kappa shape index (κ3) is 4.52. The second kappa shape index (κ2) is 8.99. The molecule has 0 atom stereocenters. The molecule has 2 aromatic heterocycles. The van der Waals surface area contributed by atoms with E-state index >= 15 is 0 Å². The Balaban J connectivity index is 1.12. The summed E-state index contributed by atoms with van der Waals surface area (Å²) in [5, 5.41) is 5.43. The highest BCUT2D eigenvalue weighted by atomic mass is 32.1. The normalized spacial score (nSPS) is 16.7. The van der Waals surface area contributed by atoms with Crippen LogP contribution in [0.5, 0.6) is 11.5 Å². The molecule has 0 bridgehead atoms. The van der Waals surface area contributed by atoms with Crippen molar-refractivity contribution in [3.05, 3.63) is 53.2 Å². The van der Waals surface area contributed by atoms with Crippen LogP contribution < -0.4 is 14.8 Å². The van der Waals surface area contributed by atoms with E-state index in [1.807, 2.05) is 30.6 Å². The molecule has 2 aliphatic heterocycles. The van der Waals surface area contributed by atoms with Crippen molar-refractivity contribution in [2.24, 2.45) is 4.99 Å². The molecule has 162 valence electrons. The summed E-state index contributed by atoms with van der Waals surface area (Å²) >= 11 is 1.62. The van der Waals surface area contributed by atoms with Crippen LogP contribution in [0.3, 0.4) is 0 Å². The van der Waals surface area contributed by atoms with Crippen LogP contribution in [0, 0.1) is 0 Å². The number of piperazine rings is 1. The van der Waals surface area contributed by atoms with Crippen LogP contribution in [0.4, 0.5) is 0 Å². The van der Waals surface area contributed by atoms with Crippen molar-refractivity contribution in [2.75, 3.05) is 40.0 Å². The molecule has 0 saturated carbocycles. The number of nitrogens with one attached hydrogen (secondary N) is 1. The highest BCUT2D eigenvalue weighted by Crippen LogP contribution is 2.32. The number of aliphatic imine (C=N–C) groups is 1. The summed E-state index contributed by atoms with van der Waals surface area (Å²) < 4.78 is 16.5. The van der Waals surface area contributed by atoms with Gasteiger partial charge >= 0.3 is 0 Å². The second-order valence-electron chi connectivity index (χ2n) is 7.47. The Kier molecular flexibility index (Phi) is 5.77. The molecule has 0 spiro atoms. The molecule has 4 heterocycles. The summed E-state index contributed by atoms with van der Waals surface area (Å²) in [4.78, 5) is 14.8. The van der Waals surface area contributed by atoms with E-state index in [2.05, 4.69) is 37.2 Å². The third-order valence-electron chi connectivity index (χ3n) is 5.44. The molecule has 0 radical (unpaired) electrons. The molecule has 5 rings (SSSR count). The van der Waals surface area contributed by atoms with Crippen LogP contribution in [-0.4, -0.2) is 60.8 Å². The molecule has 1 saturated heterocycles. The Labute approximate surface area is 185 Å². The molecule has 31 heavy (non-hydrogen) atoms. The van der Waals surface area contributed by atoms with Crippen molar-refractivity contribution in [1.82, 2.24) is 20.1 Å². The van der Waals surface area contributed by atoms with Gasteiger partial charge in [0.05, 0.1) is 17.1 Å². The molecule has 2 aliphatic rings. The van der Waals surface area contributed by atoms with Gasteiger partial charge in [0.25, 0.3) is 0 Å². The number of aromatic nitrogens is 1. The molecule has 0 unspecified atom stereocenters. The third-order valence-corrected chi connectivity index (χ3v) is 6.30.